The number of hydroxylamine groups is 3. The summed E-state index contributed by atoms with van der Waals surface area (Å²) in [5.74, 6) is 0. The molecule has 118 valence electrons. The van der Waals surface area contributed by atoms with Crippen molar-refractivity contribution in [2.45, 2.75) is 85.7 Å². The third-order valence-corrected chi connectivity index (χ3v) is 3.60. The lowest BCUT2D eigenvalue weighted by Crippen LogP contribution is -2.51. The van der Waals surface area contributed by atoms with Crippen LogP contribution in [0, 0.1) is 0 Å². The average molecular weight is 273 g/mol. The molecule has 0 rings (SSSR count). The molecule has 0 aromatic heterocycles. The van der Waals surface area contributed by atoms with Crippen molar-refractivity contribution in [1.29, 1.82) is 0 Å². The fraction of sp³-hybridized carbons (Fsp3) is 1.00. The highest BCUT2D eigenvalue weighted by Crippen LogP contribution is 2.20. The molecular weight excluding hydrogens is 233 g/mol. The maximum Gasteiger partial charge on any atom is 0.117 e. The van der Waals surface area contributed by atoms with Crippen LogP contribution in [0.4, 0.5) is 0 Å². The predicted molar refractivity (Wildman–Crippen MR) is 91.8 cm³/mol. The second kappa shape index (κ2) is 13.0. The van der Waals surface area contributed by atoms with Crippen molar-refractivity contribution in [3.63, 3.8) is 0 Å². The summed E-state index contributed by atoms with van der Waals surface area (Å²) in [6, 6.07) is 0. The van der Waals surface area contributed by atoms with E-state index in [0.717, 1.165) is 11.1 Å². The Hall–Kier alpha value is -0.0151. The Bertz CT molecular complexity index is 171. The molecule has 1 unspecified atom stereocenters. The zero-order chi connectivity index (χ0) is 13.9. The van der Waals surface area contributed by atoms with Gasteiger partial charge in [-0.25, -0.2) is 0 Å². The molecule has 1 atom stereocenters. The highest BCUT2D eigenvalue weighted by molar-refractivity contribution is 5.75. The van der Waals surface area contributed by atoms with E-state index in [0.29, 0.717) is 6.10 Å². The SMILES string of the molecule is CCCCC(CC)O[N+](CCC)(CCC)CCC.[BH4-]. The maximum atomic E-state index is 6.55. The highest BCUT2D eigenvalue weighted by Gasteiger charge is 2.30. The zero-order valence-corrected chi connectivity index (χ0v) is 13.5. The van der Waals surface area contributed by atoms with Gasteiger partial charge >= 0.3 is 0 Å². The van der Waals surface area contributed by atoms with Crippen LogP contribution in [0.2, 0.25) is 0 Å². The van der Waals surface area contributed by atoms with Gasteiger partial charge in [0, 0.05) is 0 Å². The monoisotopic (exact) mass is 273 g/mol. The van der Waals surface area contributed by atoms with Crippen LogP contribution in [0.5, 0.6) is 0 Å². The fourth-order valence-corrected chi connectivity index (χ4v) is 2.80. The van der Waals surface area contributed by atoms with E-state index >= 15 is 0 Å². The Balaban J connectivity index is 0. The van der Waals surface area contributed by atoms with E-state index in [2.05, 4.69) is 34.6 Å². The molecule has 0 fully saturated rings. The summed E-state index contributed by atoms with van der Waals surface area (Å²) in [5, 5.41) is 0. The van der Waals surface area contributed by atoms with Crippen LogP contribution >= 0.6 is 0 Å². The lowest BCUT2D eigenvalue weighted by Gasteiger charge is -2.38. The molecule has 0 aliphatic carbocycles. The van der Waals surface area contributed by atoms with Crippen LogP contribution in [0.1, 0.15) is 79.6 Å². The van der Waals surface area contributed by atoms with Gasteiger partial charge in [0.15, 0.2) is 0 Å². The van der Waals surface area contributed by atoms with Gasteiger partial charge in [-0.05, 0) is 32.1 Å². The van der Waals surface area contributed by atoms with E-state index < -0.39 is 0 Å². The molecule has 2 nitrogen and oxygen atoms in total. The van der Waals surface area contributed by atoms with E-state index in [-0.39, 0.29) is 8.41 Å². The van der Waals surface area contributed by atoms with Gasteiger partial charge in [-0.15, -0.1) is 0 Å². The lowest BCUT2D eigenvalue weighted by atomic mass is 10.1. The normalized spacial score (nSPS) is 13.1. The molecule has 3 heteroatoms. The second-order valence-corrected chi connectivity index (χ2v) is 5.51. The van der Waals surface area contributed by atoms with Gasteiger partial charge in [0.1, 0.15) is 25.7 Å². The molecule has 0 saturated carbocycles. The first kappa shape index (κ1) is 21.3. The van der Waals surface area contributed by atoms with Crippen LogP contribution in [0.25, 0.3) is 0 Å². The van der Waals surface area contributed by atoms with Crippen LogP contribution in [0.15, 0.2) is 0 Å². The van der Waals surface area contributed by atoms with E-state index in [9.17, 15) is 0 Å². The smallest absolute Gasteiger partial charge is 0.117 e. The summed E-state index contributed by atoms with van der Waals surface area (Å²) in [6.07, 6.45) is 9.03. The Morgan fingerprint density at radius 3 is 1.58 bits per heavy atom. The fourth-order valence-electron chi connectivity index (χ4n) is 2.80. The molecule has 0 bridgehead atoms. The first-order valence-electron chi connectivity index (χ1n) is 8.22. The predicted octanol–water partition coefficient (Wildman–Crippen LogP) is 3.48. The van der Waals surface area contributed by atoms with Gasteiger partial charge in [0.25, 0.3) is 0 Å². The van der Waals surface area contributed by atoms with Gasteiger partial charge in [-0.1, -0.05) is 55.9 Å². The molecule has 19 heavy (non-hydrogen) atoms. The van der Waals surface area contributed by atoms with Crippen LogP contribution in [0.3, 0.4) is 0 Å². The third-order valence-electron chi connectivity index (χ3n) is 3.60. The first-order valence-corrected chi connectivity index (χ1v) is 8.22. The van der Waals surface area contributed by atoms with Crippen molar-refractivity contribution in [1.82, 2.24) is 0 Å². The molecule has 0 heterocycles. The summed E-state index contributed by atoms with van der Waals surface area (Å²) in [5.41, 5.74) is 0. The summed E-state index contributed by atoms with van der Waals surface area (Å²) >= 11 is 0. The van der Waals surface area contributed by atoms with Crippen molar-refractivity contribution in [2.75, 3.05) is 19.6 Å². The van der Waals surface area contributed by atoms with E-state index in [4.69, 9.17) is 4.84 Å². The molecule has 0 aromatic carbocycles. The number of quaternary nitrogens is 1. The van der Waals surface area contributed by atoms with Gasteiger partial charge < -0.3 is 0 Å². The average Bonchev–Trinajstić information content (AvgIpc) is 2.35. The van der Waals surface area contributed by atoms with Crippen molar-refractivity contribution in [3.05, 3.63) is 0 Å². The number of unbranched alkanes of at least 4 members (excludes halogenated alkanes) is 1. The summed E-state index contributed by atoms with van der Waals surface area (Å²) < 4.78 is 0.895. The Morgan fingerprint density at radius 1 is 0.789 bits per heavy atom. The van der Waals surface area contributed by atoms with E-state index in [1.165, 1.54) is 58.2 Å². The Labute approximate surface area is 124 Å². The van der Waals surface area contributed by atoms with E-state index in [1.54, 1.807) is 0 Å². The van der Waals surface area contributed by atoms with Crippen LogP contribution in [-0.4, -0.2) is 38.8 Å². The van der Waals surface area contributed by atoms with Crippen molar-refractivity contribution in [3.8, 4) is 0 Å². The molecule has 0 N–H and O–H groups in total. The highest BCUT2D eigenvalue weighted by atomic mass is 16.7. The standard InChI is InChI=1S/C16H36NO.BH4/c1-6-11-12-16(10-5)18-17(13-7-2,14-8-3)15-9-4;/h16H,6-15H2,1-5H3;1H4/q+1;-1. The summed E-state index contributed by atoms with van der Waals surface area (Å²) in [4.78, 5) is 6.55. The molecular formula is C16H40BNO. The second-order valence-electron chi connectivity index (χ2n) is 5.51. The third kappa shape index (κ3) is 8.70. The molecule has 0 amide bonds. The summed E-state index contributed by atoms with van der Waals surface area (Å²) in [6.45, 7) is 14.9. The van der Waals surface area contributed by atoms with Gasteiger partial charge in [-0.3, -0.25) is 0 Å². The minimum atomic E-state index is 0. The molecule has 0 saturated heterocycles. The van der Waals surface area contributed by atoms with E-state index in [1.807, 2.05) is 0 Å². The van der Waals surface area contributed by atoms with Crippen molar-refractivity contribution >= 4 is 8.41 Å². The molecule has 0 spiro atoms. The van der Waals surface area contributed by atoms with Crippen molar-refractivity contribution < 1.29 is 9.48 Å². The summed E-state index contributed by atoms with van der Waals surface area (Å²) in [7, 11) is 0. The molecule has 0 aliphatic heterocycles. The Morgan fingerprint density at radius 2 is 1.26 bits per heavy atom. The lowest BCUT2D eigenvalue weighted by molar-refractivity contribution is -1.11. The Kier molecular flexibility index (Phi) is 14.6. The first-order chi connectivity index (χ1) is 8.67. The molecule has 0 aromatic rings. The van der Waals surface area contributed by atoms with Gasteiger partial charge in [-0.2, -0.15) is 9.48 Å². The number of rotatable bonds is 12. The zero-order valence-electron chi connectivity index (χ0n) is 13.5. The number of hydrogen-bond acceptors (Lipinski definition) is 1. The molecule has 0 aliphatic rings. The largest absolute Gasteiger partial charge is 0.200 e. The topological polar surface area (TPSA) is 9.23 Å². The number of hydrogen-bond donors (Lipinski definition) is 0. The minimum Gasteiger partial charge on any atom is -0.200 e. The van der Waals surface area contributed by atoms with Gasteiger partial charge in [0.05, 0.1) is 0 Å². The quantitative estimate of drug-likeness (QED) is 0.300. The molecule has 0 radical (unpaired) electrons. The van der Waals surface area contributed by atoms with Crippen LogP contribution in [-0.2, 0) is 4.84 Å². The van der Waals surface area contributed by atoms with Crippen LogP contribution < -0.4 is 0 Å². The number of nitrogens with zero attached hydrogens (tertiary/aromatic N) is 1. The maximum absolute atomic E-state index is 6.55. The van der Waals surface area contributed by atoms with Crippen molar-refractivity contribution in [2.24, 2.45) is 0 Å². The van der Waals surface area contributed by atoms with Gasteiger partial charge in [0.2, 0.25) is 0 Å². The minimum absolute atomic E-state index is 0.